The van der Waals surface area contributed by atoms with E-state index < -0.39 is 10.0 Å². The van der Waals surface area contributed by atoms with Crippen LogP contribution >= 0.6 is 0 Å². The molecule has 0 aliphatic rings. The average Bonchev–Trinajstić information content (AvgIpc) is 2.76. The highest BCUT2D eigenvalue weighted by atomic mass is 32.2. The summed E-state index contributed by atoms with van der Waals surface area (Å²) in [5, 5.41) is 2.94. The third-order valence-corrected chi connectivity index (χ3v) is 6.86. The second-order valence-electron chi connectivity index (χ2n) is 7.82. The molecule has 0 bridgehead atoms. The second-order valence-corrected chi connectivity index (χ2v) is 9.50. The van der Waals surface area contributed by atoms with Crippen molar-refractivity contribution in [2.24, 2.45) is 0 Å². The molecular formula is C25H28N2O4S. The lowest BCUT2D eigenvalue weighted by molar-refractivity contribution is 0.0939. The number of hydrogen-bond donors (Lipinski definition) is 2. The lowest BCUT2D eigenvalue weighted by Crippen LogP contribution is -2.27. The first kappa shape index (κ1) is 23.3. The molecule has 1 atom stereocenters. The van der Waals surface area contributed by atoms with Gasteiger partial charge in [0.2, 0.25) is 0 Å². The van der Waals surface area contributed by atoms with Gasteiger partial charge in [-0.3, -0.25) is 9.52 Å². The Labute approximate surface area is 189 Å². The number of anilines is 1. The number of rotatable bonds is 7. The van der Waals surface area contributed by atoms with Gasteiger partial charge in [0.15, 0.2) is 0 Å². The molecule has 3 aromatic rings. The summed E-state index contributed by atoms with van der Waals surface area (Å²) in [6.45, 7) is 7.64. The van der Waals surface area contributed by atoms with Gasteiger partial charge in [-0.15, -0.1) is 0 Å². The van der Waals surface area contributed by atoms with E-state index in [9.17, 15) is 13.2 Å². The maximum absolute atomic E-state index is 12.8. The SMILES string of the molecule is COc1ccc(C)cc1C(C)NC(=O)c1ccc(S(=O)(=O)Nc2cccc(C)c2C)cc1. The van der Waals surface area contributed by atoms with Crippen LogP contribution in [0.25, 0.3) is 0 Å². The molecule has 0 aromatic heterocycles. The molecule has 0 spiro atoms. The van der Waals surface area contributed by atoms with E-state index in [0.717, 1.165) is 22.3 Å². The van der Waals surface area contributed by atoms with Crippen molar-refractivity contribution in [3.63, 3.8) is 0 Å². The van der Waals surface area contributed by atoms with Gasteiger partial charge in [0.1, 0.15) is 5.75 Å². The maximum Gasteiger partial charge on any atom is 0.261 e. The highest BCUT2D eigenvalue weighted by Crippen LogP contribution is 2.27. The Balaban J connectivity index is 1.75. The molecule has 1 amide bonds. The molecule has 0 radical (unpaired) electrons. The molecule has 0 saturated heterocycles. The van der Waals surface area contributed by atoms with Crippen molar-refractivity contribution in [2.45, 2.75) is 38.6 Å². The lowest BCUT2D eigenvalue weighted by Gasteiger charge is -2.18. The Bertz CT molecular complexity index is 1240. The van der Waals surface area contributed by atoms with Crippen LogP contribution in [0.5, 0.6) is 5.75 Å². The minimum absolute atomic E-state index is 0.0864. The number of sulfonamides is 1. The predicted molar refractivity (Wildman–Crippen MR) is 127 cm³/mol. The van der Waals surface area contributed by atoms with Crippen molar-refractivity contribution >= 4 is 21.6 Å². The fourth-order valence-electron chi connectivity index (χ4n) is 3.40. The quantitative estimate of drug-likeness (QED) is 0.533. The summed E-state index contributed by atoms with van der Waals surface area (Å²) < 4.78 is 33.6. The van der Waals surface area contributed by atoms with Crippen LogP contribution in [0.4, 0.5) is 5.69 Å². The molecule has 0 aliphatic carbocycles. The van der Waals surface area contributed by atoms with Crippen LogP contribution in [0.1, 0.15) is 45.6 Å². The van der Waals surface area contributed by atoms with Crippen molar-refractivity contribution in [2.75, 3.05) is 11.8 Å². The molecule has 0 saturated carbocycles. The predicted octanol–water partition coefficient (Wildman–Crippen LogP) is 4.91. The highest BCUT2D eigenvalue weighted by Gasteiger charge is 2.18. The Morgan fingerprint density at radius 3 is 2.31 bits per heavy atom. The maximum atomic E-state index is 12.8. The molecule has 7 heteroatoms. The van der Waals surface area contributed by atoms with Gasteiger partial charge in [-0.25, -0.2) is 8.42 Å². The summed E-state index contributed by atoms with van der Waals surface area (Å²) in [5.74, 6) is 0.398. The van der Waals surface area contributed by atoms with Crippen molar-refractivity contribution in [3.05, 3.63) is 88.5 Å². The van der Waals surface area contributed by atoms with Crippen LogP contribution in [0.15, 0.2) is 65.6 Å². The van der Waals surface area contributed by atoms with Crippen molar-refractivity contribution < 1.29 is 17.9 Å². The molecular weight excluding hydrogens is 424 g/mol. The second kappa shape index (κ2) is 9.44. The minimum atomic E-state index is -3.77. The number of carbonyl (C=O) groups excluding carboxylic acids is 1. The normalized spacial score (nSPS) is 12.2. The summed E-state index contributed by atoms with van der Waals surface area (Å²) in [6, 6.07) is 16.8. The molecule has 0 heterocycles. The zero-order valence-corrected chi connectivity index (χ0v) is 19.7. The summed E-state index contributed by atoms with van der Waals surface area (Å²) in [6.07, 6.45) is 0. The summed E-state index contributed by atoms with van der Waals surface area (Å²) in [4.78, 5) is 12.8. The van der Waals surface area contributed by atoms with E-state index in [1.54, 1.807) is 19.2 Å². The molecule has 0 fully saturated rings. The Morgan fingerprint density at radius 1 is 0.969 bits per heavy atom. The van der Waals surface area contributed by atoms with Gasteiger partial charge >= 0.3 is 0 Å². The van der Waals surface area contributed by atoms with Gasteiger partial charge in [-0.1, -0.05) is 29.8 Å². The van der Waals surface area contributed by atoms with Crippen LogP contribution in [0.2, 0.25) is 0 Å². The molecule has 3 rings (SSSR count). The Morgan fingerprint density at radius 2 is 1.66 bits per heavy atom. The van der Waals surface area contributed by atoms with Crippen LogP contribution in [0, 0.1) is 20.8 Å². The van der Waals surface area contributed by atoms with Crippen LogP contribution in [-0.2, 0) is 10.0 Å². The zero-order chi connectivity index (χ0) is 23.5. The van der Waals surface area contributed by atoms with E-state index in [4.69, 9.17) is 4.74 Å². The highest BCUT2D eigenvalue weighted by molar-refractivity contribution is 7.92. The third kappa shape index (κ3) is 5.11. The van der Waals surface area contributed by atoms with E-state index in [0.29, 0.717) is 17.0 Å². The van der Waals surface area contributed by atoms with Crippen LogP contribution in [0.3, 0.4) is 0 Å². The first-order valence-corrected chi connectivity index (χ1v) is 11.7. The first-order chi connectivity index (χ1) is 15.1. The van der Waals surface area contributed by atoms with Crippen molar-refractivity contribution in [3.8, 4) is 5.75 Å². The minimum Gasteiger partial charge on any atom is -0.496 e. The molecule has 6 nitrogen and oxygen atoms in total. The number of hydrogen-bond acceptors (Lipinski definition) is 4. The Kier molecular flexibility index (Phi) is 6.89. The number of benzene rings is 3. The fourth-order valence-corrected chi connectivity index (χ4v) is 4.52. The van der Waals surface area contributed by atoms with Gasteiger partial charge < -0.3 is 10.1 Å². The van der Waals surface area contributed by atoms with E-state index in [-0.39, 0.29) is 16.8 Å². The smallest absolute Gasteiger partial charge is 0.261 e. The van der Waals surface area contributed by atoms with Gasteiger partial charge in [0.25, 0.3) is 15.9 Å². The molecule has 2 N–H and O–H groups in total. The van der Waals surface area contributed by atoms with Gasteiger partial charge in [0.05, 0.1) is 23.7 Å². The van der Waals surface area contributed by atoms with E-state index >= 15 is 0 Å². The van der Waals surface area contributed by atoms with Gasteiger partial charge in [-0.2, -0.15) is 0 Å². The van der Waals surface area contributed by atoms with E-state index in [1.807, 2.05) is 52.0 Å². The number of ether oxygens (including phenoxy) is 1. The number of aryl methyl sites for hydroxylation is 2. The third-order valence-electron chi connectivity index (χ3n) is 5.48. The number of carbonyl (C=O) groups is 1. The zero-order valence-electron chi connectivity index (χ0n) is 18.9. The van der Waals surface area contributed by atoms with Crippen molar-refractivity contribution in [1.29, 1.82) is 0 Å². The Hall–Kier alpha value is -3.32. The van der Waals surface area contributed by atoms with Crippen LogP contribution in [-0.4, -0.2) is 21.4 Å². The topological polar surface area (TPSA) is 84.5 Å². The van der Waals surface area contributed by atoms with E-state index in [1.165, 1.54) is 24.3 Å². The standard InChI is InChI=1S/C25H28N2O4S/c1-16-9-14-24(31-5)22(15-16)19(4)26-25(28)20-10-12-21(13-11-20)32(29,30)27-23-8-6-7-17(2)18(23)3/h6-15,19,27H,1-5H3,(H,26,28). The van der Waals surface area contributed by atoms with Crippen molar-refractivity contribution in [1.82, 2.24) is 5.32 Å². The largest absolute Gasteiger partial charge is 0.496 e. The number of methoxy groups -OCH3 is 1. The average molecular weight is 453 g/mol. The molecule has 0 aliphatic heterocycles. The number of amides is 1. The fraction of sp³-hybridized carbons (Fsp3) is 0.240. The molecule has 168 valence electrons. The van der Waals surface area contributed by atoms with E-state index in [2.05, 4.69) is 10.0 Å². The molecule has 1 unspecified atom stereocenters. The number of nitrogens with one attached hydrogen (secondary N) is 2. The molecule has 3 aromatic carbocycles. The first-order valence-electron chi connectivity index (χ1n) is 10.3. The monoisotopic (exact) mass is 452 g/mol. The van der Waals surface area contributed by atoms with Gasteiger partial charge in [0, 0.05) is 11.1 Å². The summed E-state index contributed by atoms with van der Waals surface area (Å²) in [7, 11) is -2.18. The summed E-state index contributed by atoms with van der Waals surface area (Å²) >= 11 is 0. The van der Waals surface area contributed by atoms with Crippen LogP contribution < -0.4 is 14.8 Å². The molecule has 32 heavy (non-hydrogen) atoms. The summed E-state index contributed by atoms with van der Waals surface area (Å²) in [5.41, 5.74) is 4.71. The van der Waals surface area contributed by atoms with Gasteiger partial charge in [-0.05, 0) is 75.2 Å². The lowest BCUT2D eigenvalue weighted by atomic mass is 10.0.